The van der Waals surface area contributed by atoms with Crippen molar-refractivity contribution in [3.63, 3.8) is 0 Å². The molecule has 1 amide bonds. The van der Waals surface area contributed by atoms with Gasteiger partial charge in [-0.3, -0.25) is 4.79 Å². The molecule has 0 saturated heterocycles. The maximum Gasteiger partial charge on any atom is 0.239 e. The molecule has 0 aromatic carbocycles. The molecule has 0 aliphatic carbocycles. The van der Waals surface area contributed by atoms with Gasteiger partial charge in [0.2, 0.25) is 5.91 Å². The van der Waals surface area contributed by atoms with Crippen molar-refractivity contribution >= 4 is 39.1 Å². The minimum Gasteiger partial charge on any atom is -0.323 e. The number of anilines is 1. The van der Waals surface area contributed by atoms with E-state index in [0.717, 1.165) is 5.69 Å². The van der Waals surface area contributed by atoms with E-state index in [-0.39, 0.29) is 11.8 Å². The standard InChI is InChI=1S/C8H8BrClN2O/c1-5-2-3-6(8(9)11-5)12-7(13)4-10/h2-3H,4H2,1H3,(H,12,13). The van der Waals surface area contributed by atoms with Gasteiger partial charge in [-0.1, -0.05) is 0 Å². The van der Waals surface area contributed by atoms with Crippen LogP contribution in [-0.4, -0.2) is 16.8 Å². The van der Waals surface area contributed by atoms with Crippen LogP contribution in [0.4, 0.5) is 5.69 Å². The lowest BCUT2D eigenvalue weighted by atomic mass is 10.3. The molecule has 1 aromatic rings. The summed E-state index contributed by atoms with van der Waals surface area (Å²) in [5.74, 6) is -0.298. The van der Waals surface area contributed by atoms with E-state index in [1.54, 1.807) is 6.07 Å². The maximum absolute atomic E-state index is 10.9. The molecule has 0 aliphatic heterocycles. The van der Waals surface area contributed by atoms with E-state index in [9.17, 15) is 4.79 Å². The van der Waals surface area contributed by atoms with E-state index in [0.29, 0.717) is 10.3 Å². The second-order valence-corrected chi connectivity index (χ2v) is 3.49. The van der Waals surface area contributed by atoms with Crippen molar-refractivity contribution in [2.75, 3.05) is 11.2 Å². The fraction of sp³-hybridized carbons (Fsp3) is 0.250. The van der Waals surface area contributed by atoms with Gasteiger partial charge in [0.25, 0.3) is 0 Å². The fourth-order valence-corrected chi connectivity index (χ4v) is 1.38. The van der Waals surface area contributed by atoms with Crippen LogP contribution in [0.15, 0.2) is 16.7 Å². The molecule has 13 heavy (non-hydrogen) atoms. The van der Waals surface area contributed by atoms with Crippen LogP contribution < -0.4 is 5.32 Å². The number of pyridine rings is 1. The lowest BCUT2D eigenvalue weighted by Crippen LogP contribution is -2.13. The molecule has 0 radical (unpaired) electrons. The molecular weight excluding hydrogens is 255 g/mol. The molecule has 0 aliphatic rings. The van der Waals surface area contributed by atoms with Gasteiger partial charge in [-0.15, -0.1) is 11.6 Å². The number of aromatic nitrogens is 1. The lowest BCUT2D eigenvalue weighted by Gasteiger charge is -2.04. The van der Waals surface area contributed by atoms with Crippen LogP contribution in [0, 0.1) is 6.92 Å². The molecule has 1 N–H and O–H groups in total. The molecule has 1 rings (SSSR count). The number of amides is 1. The highest BCUT2D eigenvalue weighted by Crippen LogP contribution is 2.19. The predicted octanol–water partition coefficient (Wildman–Crippen LogP) is 2.33. The number of aryl methyl sites for hydroxylation is 1. The third-order valence-electron chi connectivity index (χ3n) is 1.38. The Morgan fingerprint density at radius 3 is 2.92 bits per heavy atom. The van der Waals surface area contributed by atoms with E-state index in [2.05, 4.69) is 26.2 Å². The van der Waals surface area contributed by atoms with Crippen LogP contribution in [0.3, 0.4) is 0 Å². The Hall–Kier alpha value is -0.610. The monoisotopic (exact) mass is 262 g/mol. The van der Waals surface area contributed by atoms with E-state index in [1.165, 1.54) is 0 Å². The number of hydrogen-bond donors (Lipinski definition) is 1. The van der Waals surface area contributed by atoms with Gasteiger partial charge in [0.1, 0.15) is 10.5 Å². The lowest BCUT2D eigenvalue weighted by molar-refractivity contribution is -0.113. The van der Waals surface area contributed by atoms with Gasteiger partial charge >= 0.3 is 0 Å². The van der Waals surface area contributed by atoms with Crippen molar-refractivity contribution in [3.05, 3.63) is 22.4 Å². The van der Waals surface area contributed by atoms with Crippen LogP contribution in [0.25, 0.3) is 0 Å². The average molecular weight is 264 g/mol. The summed E-state index contributed by atoms with van der Waals surface area (Å²) in [5.41, 5.74) is 1.52. The van der Waals surface area contributed by atoms with E-state index in [1.807, 2.05) is 13.0 Å². The van der Waals surface area contributed by atoms with E-state index < -0.39 is 0 Å². The average Bonchev–Trinajstić information content (AvgIpc) is 2.09. The van der Waals surface area contributed by atoms with Gasteiger partial charge in [0, 0.05) is 5.69 Å². The van der Waals surface area contributed by atoms with Gasteiger partial charge in [-0.2, -0.15) is 0 Å². The Kier molecular flexibility index (Phi) is 3.69. The third-order valence-corrected chi connectivity index (χ3v) is 2.23. The van der Waals surface area contributed by atoms with Crippen molar-refractivity contribution in [1.29, 1.82) is 0 Å². The van der Waals surface area contributed by atoms with Crippen molar-refractivity contribution in [1.82, 2.24) is 4.98 Å². The highest BCUT2D eigenvalue weighted by molar-refractivity contribution is 9.10. The van der Waals surface area contributed by atoms with Crippen LogP contribution in [0.2, 0.25) is 0 Å². The zero-order chi connectivity index (χ0) is 9.84. The van der Waals surface area contributed by atoms with E-state index >= 15 is 0 Å². The second kappa shape index (κ2) is 4.58. The minimum atomic E-state index is -0.243. The first-order valence-electron chi connectivity index (χ1n) is 3.62. The number of rotatable bonds is 2. The minimum absolute atomic E-state index is 0.0552. The summed E-state index contributed by atoms with van der Waals surface area (Å²) in [5, 5.41) is 2.61. The van der Waals surface area contributed by atoms with Crippen molar-refractivity contribution in [2.24, 2.45) is 0 Å². The molecule has 3 nitrogen and oxygen atoms in total. The van der Waals surface area contributed by atoms with Crippen LogP contribution >= 0.6 is 27.5 Å². The molecule has 0 atom stereocenters. The first kappa shape index (κ1) is 10.5. The molecule has 0 bridgehead atoms. The molecule has 1 heterocycles. The van der Waals surface area contributed by atoms with Gasteiger partial charge in [0.15, 0.2) is 0 Å². The van der Waals surface area contributed by atoms with Crippen LogP contribution in [0.1, 0.15) is 5.69 Å². The summed E-state index contributed by atoms with van der Waals surface area (Å²) in [6.45, 7) is 1.87. The molecule has 5 heteroatoms. The Balaban J connectivity index is 2.83. The molecule has 0 saturated carbocycles. The molecule has 70 valence electrons. The Morgan fingerprint density at radius 2 is 2.38 bits per heavy atom. The third kappa shape index (κ3) is 2.97. The van der Waals surface area contributed by atoms with Gasteiger partial charge in [-0.05, 0) is 35.0 Å². The maximum atomic E-state index is 10.9. The van der Waals surface area contributed by atoms with Gasteiger partial charge < -0.3 is 5.32 Å². The largest absolute Gasteiger partial charge is 0.323 e. The zero-order valence-corrected chi connectivity index (χ0v) is 9.32. The van der Waals surface area contributed by atoms with Crippen molar-refractivity contribution in [2.45, 2.75) is 6.92 Å². The molecule has 0 unspecified atom stereocenters. The number of carbonyl (C=O) groups excluding carboxylic acids is 1. The highest BCUT2D eigenvalue weighted by Gasteiger charge is 2.04. The molecule has 0 fully saturated rings. The molecule has 0 spiro atoms. The number of nitrogens with one attached hydrogen (secondary N) is 1. The summed E-state index contributed by atoms with van der Waals surface area (Å²) in [6.07, 6.45) is 0. The Labute approximate surface area is 89.6 Å². The highest BCUT2D eigenvalue weighted by atomic mass is 79.9. The summed E-state index contributed by atoms with van der Waals surface area (Å²) in [6, 6.07) is 3.59. The smallest absolute Gasteiger partial charge is 0.239 e. The Morgan fingerprint density at radius 1 is 1.69 bits per heavy atom. The van der Waals surface area contributed by atoms with Gasteiger partial charge in [0.05, 0.1) is 5.69 Å². The number of halogens is 2. The van der Waals surface area contributed by atoms with Crippen LogP contribution in [-0.2, 0) is 4.79 Å². The Bertz CT molecular complexity index is 330. The molecular formula is C8H8BrClN2O. The first-order valence-corrected chi connectivity index (χ1v) is 4.95. The number of nitrogens with zero attached hydrogens (tertiary/aromatic N) is 1. The summed E-state index contributed by atoms with van der Waals surface area (Å²) in [7, 11) is 0. The summed E-state index contributed by atoms with van der Waals surface area (Å²) in [4.78, 5) is 15.0. The van der Waals surface area contributed by atoms with E-state index in [4.69, 9.17) is 11.6 Å². The van der Waals surface area contributed by atoms with Crippen molar-refractivity contribution in [3.8, 4) is 0 Å². The number of hydrogen-bond acceptors (Lipinski definition) is 2. The second-order valence-electron chi connectivity index (χ2n) is 2.47. The van der Waals surface area contributed by atoms with Crippen LogP contribution in [0.5, 0.6) is 0 Å². The fourth-order valence-electron chi connectivity index (χ4n) is 0.802. The quantitative estimate of drug-likeness (QED) is 0.657. The van der Waals surface area contributed by atoms with Crippen molar-refractivity contribution < 1.29 is 4.79 Å². The summed E-state index contributed by atoms with van der Waals surface area (Å²) >= 11 is 8.57. The SMILES string of the molecule is Cc1ccc(NC(=O)CCl)c(Br)n1. The number of alkyl halides is 1. The zero-order valence-electron chi connectivity index (χ0n) is 6.97. The predicted molar refractivity (Wildman–Crippen MR) is 56.0 cm³/mol. The molecule has 1 aromatic heterocycles. The normalized spacial score (nSPS) is 9.77. The van der Waals surface area contributed by atoms with Gasteiger partial charge in [-0.25, -0.2) is 4.98 Å². The number of carbonyl (C=O) groups is 1. The topological polar surface area (TPSA) is 42.0 Å². The summed E-state index contributed by atoms with van der Waals surface area (Å²) < 4.78 is 0.617. The first-order chi connectivity index (χ1) is 6.13.